The Hall–Kier alpha value is -1.44. The molecule has 0 radical (unpaired) electrons. The summed E-state index contributed by atoms with van der Waals surface area (Å²) in [5.41, 5.74) is -0.309. The van der Waals surface area contributed by atoms with Crippen LogP contribution in [0.1, 0.15) is 40.0 Å². The number of rotatable bonds is 17. The van der Waals surface area contributed by atoms with E-state index in [4.69, 9.17) is 14.2 Å². The van der Waals surface area contributed by atoms with Crippen LogP contribution in [0, 0.1) is 5.41 Å². The molecule has 0 rings (SSSR count). The third kappa shape index (κ3) is 13.8. The number of amides is 2. The molecule has 152 valence electrons. The monoisotopic (exact) mass is 372 g/mol. The van der Waals surface area contributed by atoms with Crippen LogP contribution in [-0.4, -0.2) is 64.5 Å². The van der Waals surface area contributed by atoms with Crippen molar-refractivity contribution in [1.82, 2.24) is 10.6 Å². The molecular weight excluding hydrogens is 336 g/mol. The lowest BCUT2D eigenvalue weighted by Crippen LogP contribution is -2.37. The molecule has 0 aromatic rings. The number of carbonyl (C=O) groups is 2. The Bertz CT molecular complexity index is 399. The highest BCUT2D eigenvalue weighted by molar-refractivity contribution is 5.86. The van der Waals surface area contributed by atoms with Gasteiger partial charge in [0.05, 0.1) is 26.4 Å². The van der Waals surface area contributed by atoms with E-state index in [1.54, 1.807) is 0 Å². The summed E-state index contributed by atoms with van der Waals surface area (Å²) >= 11 is 0. The molecule has 0 aliphatic rings. The molecule has 7 heteroatoms. The fraction of sp³-hybridized carbons (Fsp3) is 0.789. The van der Waals surface area contributed by atoms with Crippen LogP contribution >= 0.6 is 0 Å². The van der Waals surface area contributed by atoms with Crippen LogP contribution in [0.25, 0.3) is 0 Å². The fourth-order valence-electron chi connectivity index (χ4n) is 1.78. The Morgan fingerprint density at radius 1 is 0.885 bits per heavy atom. The van der Waals surface area contributed by atoms with Crippen LogP contribution in [0.3, 0.4) is 0 Å². The van der Waals surface area contributed by atoms with E-state index in [-0.39, 0.29) is 17.2 Å². The van der Waals surface area contributed by atoms with Crippen LogP contribution in [0.2, 0.25) is 0 Å². The van der Waals surface area contributed by atoms with Crippen molar-refractivity contribution in [3.05, 3.63) is 12.7 Å². The quantitative estimate of drug-likeness (QED) is 0.300. The molecule has 0 atom stereocenters. The van der Waals surface area contributed by atoms with Gasteiger partial charge in [-0.2, -0.15) is 0 Å². The molecule has 26 heavy (non-hydrogen) atoms. The van der Waals surface area contributed by atoms with E-state index >= 15 is 0 Å². The van der Waals surface area contributed by atoms with Gasteiger partial charge in [0.15, 0.2) is 0 Å². The molecule has 0 aromatic heterocycles. The molecule has 0 unspecified atom stereocenters. The van der Waals surface area contributed by atoms with Gasteiger partial charge < -0.3 is 24.8 Å². The average Bonchev–Trinajstić information content (AvgIpc) is 2.64. The maximum atomic E-state index is 11.9. The zero-order valence-corrected chi connectivity index (χ0v) is 16.6. The number of carbonyl (C=O) groups excluding carboxylic acids is 2. The summed E-state index contributed by atoms with van der Waals surface area (Å²) < 4.78 is 16.2. The van der Waals surface area contributed by atoms with E-state index in [2.05, 4.69) is 17.2 Å². The maximum Gasteiger partial charge on any atom is 0.243 e. The standard InChI is InChI=1S/C19H36N2O5/c1-5-17(22)20-9-7-11-24-13-15-26-16-14-25-12-8-10-21-18(23)19(3,4)6-2/h5H,1,6-16H2,2-4H3,(H,20,22)(H,21,23). The average molecular weight is 373 g/mol. The molecule has 0 saturated heterocycles. The minimum atomic E-state index is -0.309. The van der Waals surface area contributed by atoms with Gasteiger partial charge in [0.2, 0.25) is 11.8 Å². The Balaban J connectivity index is 3.24. The first kappa shape index (κ1) is 24.6. The normalized spacial score (nSPS) is 11.2. The maximum absolute atomic E-state index is 11.9. The number of hydrogen-bond acceptors (Lipinski definition) is 5. The summed E-state index contributed by atoms with van der Waals surface area (Å²) in [6.07, 6.45) is 3.62. The van der Waals surface area contributed by atoms with E-state index in [1.165, 1.54) is 6.08 Å². The van der Waals surface area contributed by atoms with E-state index in [0.29, 0.717) is 52.7 Å². The summed E-state index contributed by atoms with van der Waals surface area (Å²) in [5, 5.41) is 5.61. The second-order valence-electron chi connectivity index (χ2n) is 6.53. The van der Waals surface area contributed by atoms with Crippen LogP contribution in [0.4, 0.5) is 0 Å². The summed E-state index contributed by atoms with van der Waals surface area (Å²) in [7, 11) is 0. The lowest BCUT2D eigenvalue weighted by atomic mass is 9.89. The zero-order valence-electron chi connectivity index (χ0n) is 16.6. The molecule has 2 amide bonds. The third-order valence-electron chi connectivity index (χ3n) is 3.94. The molecule has 0 saturated carbocycles. The van der Waals surface area contributed by atoms with Crippen molar-refractivity contribution in [2.24, 2.45) is 5.41 Å². The minimum Gasteiger partial charge on any atom is -0.379 e. The highest BCUT2D eigenvalue weighted by Gasteiger charge is 2.24. The molecule has 7 nitrogen and oxygen atoms in total. The van der Waals surface area contributed by atoms with Crippen LogP contribution in [0.5, 0.6) is 0 Å². The van der Waals surface area contributed by atoms with Gasteiger partial charge in [0.25, 0.3) is 0 Å². The number of nitrogens with one attached hydrogen (secondary N) is 2. The second kappa shape index (κ2) is 15.8. The Morgan fingerprint density at radius 2 is 1.35 bits per heavy atom. The zero-order chi connectivity index (χ0) is 19.7. The number of hydrogen-bond donors (Lipinski definition) is 2. The first-order chi connectivity index (χ1) is 12.4. The first-order valence-corrected chi connectivity index (χ1v) is 9.35. The van der Waals surface area contributed by atoms with Crippen molar-refractivity contribution >= 4 is 11.8 Å². The van der Waals surface area contributed by atoms with Crippen molar-refractivity contribution in [2.45, 2.75) is 40.0 Å². The van der Waals surface area contributed by atoms with Gasteiger partial charge in [0.1, 0.15) is 0 Å². The van der Waals surface area contributed by atoms with Crippen molar-refractivity contribution in [3.8, 4) is 0 Å². The summed E-state index contributed by atoms with van der Waals surface area (Å²) in [6.45, 7) is 13.8. The van der Waals surface area contributed by atoms with Gasteiger partial charge in [-0.1, -0.05) is 27.4 Å². The molecule has 2 N–H and O–H groups in total. The van der Waals surface area contributed by atoms with Gasteiger partial charge in [0, 0.05) is 31.7 Å². The van der Waals surface area contributed by atoms with E-state index in [0.717, 1.165) is 19.3 Å². The molecule has 0 aromatic carbocycles. The van der Waals surface area contributed by atoms with Crippen LogP contribution < -0.4 is 10.6 Å². The van der Waals surface area contributed by atoms with Gasteiger partial charge in [-0.3, -0.25) is 9.59 Å². The topological polar surface area (TPSA) is 85.9 Å². The van der Waals surface area contributed by atoms with E-state index < -0.39 is 0 Å². The first-order valence-electron chi connectivity index (χ1n) is 9.35. The van der Waals surface area contributed by atoms with Gasteiger partial charge in [-0.25, -0.2) is 0 Å². The lowest BCUT2D eigenvalue weighted by molar-refractivity contribution is -0.129. The van der Waals surface area contributed by atoms with E-state index in [9.17, 15) is 9.59 Å². The summed E-state index contributed by atoms with van der Waals surface area (Å²) in [6, 6.07) is 0. The van der Waals surface area contributed by atoms with E-state index in [1.807, 2.05) is 20.8 Å². The predicted molar refractivity (Wildman–Crippen MR) is 102 cm³/mol. The molecule has 0 bridgehead atoms. The van der Waals surface area contributed by atoms with Crippen molar-refractivity contribution in [3.63, 3.8) is 0 Å². The highest BCUT2D eigenvalue weighted by atomic mass is 16.5. The van der Waals surface area contributed by atoms with Gasteiger partial charge in [-0.15, -0.1) is 0 Å². The van der Waals surface area contributed by atoms with Gasteiger partial charge >= 0.3 is 0 Å². The lowest BCUT2D eigenvalue weighted by Gasteiger charge is -2.21. The summed E-state index contributed by atoms with van der Waals surface area (Å²) in [4.78, 5) is 22.7. The molecule has 0 spiro atoms. The minimum absolute atomic E-state index is 0.0893. The predicted octanol–water partition coefficient (Wildman–Crippen LogP) is 1.67. The Labute approximate surface area is 157 Å². The highest BCUT2D eigenvalue weighted by Crippen LogP contribution is 2.19. The smallest absolute Gasteiger partial charge is 0.243 e. The Morgan fingerprint density at radius 3 is 1.81 bits per heavy atom. The largest absolute Gasteiger partial charge is 0.379 e. The molecule has 0 heterocycles. The van der Waals surface area contributed by atoms with Crippen molar-refractivity contribution in [2.75, 3.05) is 52.7 Å². The Kier molecular flexibility index (Phi) is 14.9. The summed E-state index contributed by atoms with van der Waals surface area (Å²) in [5.74, 6) is -0.0769. The fourth-order valence-corrected chi connectivity index (χ4v) is 1.78. The van der Waals surface area contributed by atoms with Crippen molar-refractivity contribution in [1.29, 1.82) is 0 Å². The number of ether oxygens (including phenoxy) is 3. The van der Waals surface area contributed by atoms with Gasteiger partial charge in [-0.05, 0) is 25.3 Å². The molecular formula is C19H36N2O5. The molecule has 0 aliphatic heterocycles. The van der Waals surface area contributed by atoms with Crippen LogP contribution in [0.15, 0.2) is 12.7 Å². The third-order valence-corrected chi connectivity index (χ3v) is 3.94. The SMILES string of the molecule is C=CC(=O)NCCCOCCOCCOCCCNC(=O)C(C)(C)CC. The molecule has 0 aliphatic carbocycles. The molecule has 0 fully saturated rings. The van der Waals surface area contributed by atoms with Crippen molar-refractivity contribution < 1.29 is 23.8 Å². The second-order valence-corrected chi connectivity index (χ2v) is 6.53. The van der Waals surface area contributed by atoms with Crippen LogP contribution in [-0.2, 0) is 23.8 Å².